The quantitative estimate of drug-likeness (QED) is 0.343. The first-order valence-corrected chi connectivity index (χ1v) is 10.7. The average Bonchev–Trinajstić information content (AvgIpc) is 3.28. The molecule has 0 aliphatic carbocycles. The lowest BCUT2D eigenvalue weighted by molar-refractivity contribution is 0.284. The number of H-pyrrole nitrogens is 1. The summed E-state index contributed by atoms with van der Waals surface area (Å²) in [6, 6.07) is 27.8. The summed E-state index contributed by atoms with van der Waals surface area (Å²) in [5, 5.41) is 0. The summed E-state index contributed by atoms with van der Waals surface area (Å²) in [6.07, 6.45) is 0. The largest absolute Gasteiger partial charge is 0.493 e. The smallest absolute Gasteiger partial charge is 0.161 e. The highest BCUT2D eigenvalue weighted by atomic mass is 16.5. The van der Waals surface area contributed by atoms with Crippen LogP contribution in [0.15, 0.2) is 84.9 Å². The van der Waals surface area contributed by atoms with E-state index in [1.807, 2.05) is 84.9 Å². The molecule has 0 aliphatic heterocycles. The third-order valence-electron chi connectivity index (χ3n) is 5.62. The van der Waals surface area contributed by atoms with E-state index in [-0.39, 0.29) is 0 Å². The summed E-state index contributed by atoms with van der Waals surface area (Å²) in [5.41, 5.74) is 7.26. The van der Waals surface area contributed by atoms with Crippen molar-refractivity contribution in [2.75, 3.05) is 7.11 Å². The van der Waals surface area contributed by atoms with Crippen LogP contribution in [0.2, 0.25) is 0 Å². The van der Waals surface area contributed by atoms with Crippen molar-refractivity contribution < 1.29 is 9.47 Å². The maximum absolute atomic E-state index is 5.98. The summed E-state index contributed by atoms with van der Waals surface area (Å²) >= 11 is 0. The predicted molar refractivity (Wildman–Crippen MR) is 129 cm³/mol. The molecule has 33 heavy (non-hydrogen) atoms. The molecule has 0 unspecified atom stereocenters. The number of rotatable bonds is 5. The molecule has 2 heterocycles. The molecule has 0 aliphatic rings. The summed E-state index contributed by atoms with van der Waals surface area (Å²) in [4.78, 5) is 17.7. The third kappa shape index (κ3) is 3.61. The van der Waals surface area contributed by atoms with Crippen LogP contribution in [0.1, 0.15) is 5.56 Å². The lowest BCUT2D eigenvalue weighted by atomic mass is 10.2. The van der Waals surface area contributed by atoms with Gasteiger partial charge in [0.15, 0.2) is 17.3 Å². The van der Waals surface area contributed by atoms with Crippen LogP contribution in [0.4, 0.5) is 0 Å². The molecule has 0 saturated carbocycles. The molecule has 6 aromatic rings. The van der Waals surface area contributed by atoms with Crippen molar-refractivity contribution in [1.82, 2.24) is 19.9 Å². The van der Waals surface area contributed by atoms with Gasteiger partial charge < -0.3 is 14.5 Å². The van der Waals surface area contributed by atoms with E-state index in [0.29, 0.717) is 23.9 Å². The van der Waals surface area contributed by atoms with Crippen molar-refractivity contribution >= 4 is 33.1 Å². The summed E-state index contributed by atoms with van der Waals surface area (Å²) < 4.78 is 11.6. The number of nitrogens with zero attached hydrogens (tertiary/aromatic N) is 3. The van der Waals surface area contributed by atoms with Gasteiger partial charge in [-0.1, -0.05) is 42.5 Å². The molecule has 0 atom stereocenters. The Morgan fingerprint density at radius 1 is 0.667 bits per heavy atom. The minimum Gasteiger partial charge on any atom is -0.493 e. The fourth-order valence-corrected chi connectivity index (χ4v) is 3.93. The standard InChI is InChI=1S/C27H20N4O2/c1-32-26-13-18(11-12-25(26)33-16-17-7-3-2-4-8-17)27-30-23-14-21-22(15-24(23)31-27)29-20-10-6-5-9-19(20)28-21/h2-15,28H,16H2,1H3. The van der Waals surface area contributed by atoms with Crippen molar-refractivity contribution in [2.24, 2.45) is 0 Å². The number of hydrogen-bond acceptors (Lipinski definition) is 5. The Kier molecular flexibility index (Phi) is 4.61. The second-order valence-corrected chi connectivity index (χ2v) is 7.80. The first-order valence-electron chi connectivity index (χ1n) is 10.7. The fraction of sp³-hybridized carbons (Fsp3) is 0.0741. The van der Waals surface area contributed by atoms with Crippen LogP contribution in [-0.2, 0) is 6.61 Å². The van der Waals surface area contributed by atoms with Gasteiger partial charge in [0.2, 0.25) is 0 Å². The van der Waals surface area contributed by atoms with Crippen LogP contribution < -0.4 is 9.47 Å². The molecule has 0 fully saturated rings. The van der Waals surface area contributed by atoms with Gasteiger partial charge in [0, 0.05) is 5.56 Å². The van der Waals surface area contributed by atoms with E-state index >= 15 is 0 Å². The van der Waals surface area contributed by atoms with E-state index in [1.165, 1.54) is 0 Å². The van der Waals surface area contributed by atoms with Gasteiger partial charge in [0.25, 0.3) is 0 Å². The van der Waals surface area contributed by atoms with Crippen LogP contribution in [0.3, 0.4) is 0 Å². The van der Waals surface area contributed by atoms with Crippen LogP contribution in [0.5, 0.6) is 11.5 Å². The van der Waals surface area contributed by atoms with Crippen molar-refractivity contribution in [1.29, 1.82) is 0 Å². The van der Waals surface area contributed by atoms with Gasteiger partial charge in [-0.3, -0.25) is 0 Å². The second kappa shape index (κ2) is 7.91. The zero-order valence-electron chi connectivity index (χ0n) is 17.9. The van der Waals surface area contributed by atoms with Gasteiger partial charge in [0.1, 0.15) is 6.61 Å². The number of fused-ring (bicyclic) bond motifs is 3. The number of aromatic amines is 1. The molecule has 6 rings (SSSR count). The van der Waals surface area contributed by atoms with E-state index in [9.17, 15) is 0 Å². The van der Waals surface area contributed by atoms with E-state index < -0.39 is 0 Å². The molecule has 0 spiro atoms. The number of aromatic nitrogens is 4. The van der Waals surface area contributed by atoms with Gasteiger partial charge in [-0.25, -0.2) is 15.0 Å². The number of nitrogens with one attached hydrogen (secondary N) is 1. The Balaban J connectivity index is 1.35. The molecule has 6 nitrogen and oxygen atoms in total. The molecule has 0 amide bonds. The minimum atomic E-state index is 0.470. The van der Waals surface area contributed by atoms with Crippen LogP contribution >= 0.6 is 0 Å². The topological polar surface area (TPSA) is 72.9 Å². The molecule has 6 heteroatoms. The molecule has 0 saturated heterocycles. The molecule has 2 aromatic heterocycles. The van der Waals surface area contributed by atoms with Crippen molar-refractivity contribution in [3.8, 4) is 22.9 Å². The van der Waals surface area contributed by atoms with Crippen molar-refractivity contribution in [3.63, 3.8) is 0 Å². The predicted octanol–water partition coefficient (Wildman–Crippen LogP) is 5.91. The third-order valence-corrected chi connectivity index (χ3v) is 5.62. The highest BCUT2D eigenvalue weighted by Gasteiger charge is 2.13. The average molecular weight is 432 g/mol. The number of methoxy groups -OCH3 is 1. The normalized spacial score (nSPS) is 11.3. The SMILES string of the molecule is COc1cc(-c2nc3cc4nc5ccccc5[nH]c4cc3n2)ccc1OCc1ccccc1. The van der Waals surface area contributed by atoms with E-state index in [4.69, 9.17) is 24.4 Å². The number of ether oxygens (including phenoxy) is 2. The van der Waals surface area contributed by atoms with E-state index in [1.54, 1.807) is 7.11 Å². The number of hydrogen-bond donors (Lipinski definition) is 1. The lowest BCUT2D eigenvalue weighted by Gasteiger charge is -2.11. The zero-order chi connectivity index (χ0) is 22.2. The van der Waals surface area contributed by atoms with Crippen LogP contribution in [-0.4, -0.2) is 27.0 Å². The Labute approximate surface area is 189 Å². The molecule has 0 bridgehead atoms. The molecule has 4 aromatic carbocycles. The Bertz CT molecular complexity index is 1540. The molecule has 160 valence electrons. The minimum absolute atomic E-state index is 0.470. The van der Waals surface area contributed by atoms with Crippen molar-refractivity contribution in [2.45, 2.75) is 6.61 Å². The lowest BCUT2D eigenvalue weighted by Crippen LogP contribution is -1.97. The Morgan fingerprint density at radius 2 is 1.45 bits per heavy atom. The first kappa shape index (κ1) is 19.3. The fourth-order valence-electron chi connectivity index (χ4n) is 3.93. The first-order chi connectivity index (χ1) is 16.3. The van der Waals surface area contributed by atoms with Crippen molar-refractivity contribution in [3.05, 3.63) is 90.5 Å². The maximum atomic E-state index is 5.98. The van der Waals surface area contributed by atoms with Gasteiger partial charge in [0.05, 0.1) is 40.2 Å². The number of benzene rings is 4. The molecule has 0 radical (unpaired) electrons. The summed E-state index contributed by atoms with van der Waals surface area (Å²) in [6.45, 7) is 0.470. The maximum Gasteiger partial charge on any atom is 0.161 e. The number of imidazole rings is 1. The zero-order valence-corrected chi connectivity index (χ0v) is 17.9. The number of para-hydroxylation sites is 2. The van der Waals surface area contributed by atoms with Gasteiger partial charge in [-0.05, 0) is 48.0 Å². The molecule has 1 N–H and O–H groups in total. The Morgan fingerprint density at radius 3 is 2.30 bits per heavy atom. The van der Waals surface area contributed by atoms with Gasteiger partial charge >= 0.3 is 0 Å². The Hall–Kier alpha value is -4.45. The van der Waals surface area contributed by atoms with Gasteiger partial charge in [-0.2, -0.15) is 0 Å². The molecular weight excluding hydrogens is 412 g/mol. The summed E-state index contributed by atoms with van der Waals surface area (Å²) in [7, 11) is 1.63. The van der Waals surface area contributed by atoms with E-state index in [0.717, 1.165) is 44.2 Å². The monoisotopic (exact) mass is 432 g/mol. The van der Waals surface area contributed by atoms with Gasteiger partial charge in [-0.15, -0.1) is 0 Å². The summed E-state index contributed by atoms with van der Waals surface area (Å²) in [5.74, 6) is 1.96. The second-order valence-electron chi connectivity index (χ2n) is 7.80. The van der Waals surface area contributed by atoms with E-state index in [2.05, 4.69) is 4.98 Å². The van der Waals surface area contributed by atoms with Crippen LogP contribution in [0, 0.1) is 0 Å². The highest BCUT2D eigenvalue weighted by Crippen LogP contribution is 2.33. The highest BCUT2D eigenvalue weighted by molar-refractivity contribution is 5.95. The van der Waals surface area contributed by atoms with Crippen LogP contribution in [0.25, 0.3) is 44.5 Å². The molecular formula is C27H20N4O2.